The van der Waals surface area contributed by atoms with Gasteiger partial charge in [-0.3, -0.25) is 0 Å². The quantitative estimate of drug-likeness (QED) is 0.835. The van der Waals surface area contributed by atoms with Crippen molar-refractivity contribution < 1.29 is 0 Å². The smallest absolute Gasteiger partial charge is 0.309 e. The van der Waals surface area contributed by atoms with Gasteiger partial charge in [-0.1, -0.05) is 0 Å². The molecule has 0 unspecified atom stereocenters. The molecule has 1 heterocycles. The molecule has 4 heteroatoms. The summed E-state index contributed by atoms with van der Waals surface area (Å²) in [5.74, 6) is 2.48. The van der Waals surface area contributed by atoms with Crippen LogP contribution >= 0.6 is 0 Å². The maximum Gasteiger partial charge on any atom is 0.346 e. The van der Waals surface area contributed by atoms with Crippen LogP contribution in [0.4, 0.5) is 0 Å². The van der Waals surface area contributed by atoms with Gasteiger partial charge in [-0.2, -0.15) is 10.2 Å². The molecular formula is C15H17N3O. The van der Waals surface area contributed by atoms with Gasteiger partial charge in [0.2, 0.25) is 0 Å². The second-order valence-corrected chi connectivity index (χ2v) is 6.79. The summed E-state index contributed by atoms with van der Waals surface area (Å²) in [5, 5.41) is 9.00. The van der Waals surface area contributed by atoms with Crippen molar-refractivity contribution in [2.24, 2.45) is 17.8 Å². The predicted octanol–water partition coefficient (Wildman–Crippen LogP) is 2.11. The van der Waals surface area contributed by atoms with E-state index < -0.39 is 0 Å². The molecule has 1 N–H and O–H groups in total. The Balaban J connectivity index is 1.82. The molecule has 4 bridgehead atoms. The van der Waals surface area contributed by atoms with Crippen LogP contribution in [0, 0.1) is 29.1 Å². The van der Waals surface area contributed by atoms with Crippen molar-refractivity contribution in [1.82, 2.24) is 9.97 Å². The molecule has 0 radical (unpaired) electrons. The molecule has 98 valence electrons. The lowest BCUT2D eigenvalue weighted by Crippen LogP contribution is -2.49. The van der Waals surface area contributed by atoms with Gasteiger partial charge in [-0.05, 0) is 62.3 Å². The van der Waals surface area contributed by atoms with E-state index in [0.717, 1.165) is 23.4 Å². The summed E-state index contributed by atoms with van der Waals surface area (Å²) in [6, 6.07) is 3.82. The van der Waals surface area contributed by atoms with E-state index in [4.69, 9.17) is 5.26 Å². The minimum atomic E-state index is -0.371. The first kappa shape index (κ1) is 11.2. The fourth-order valence-electron chi connectivity index (χ4n) is 5.24. The monoisotopic (exact) mass is 255 g/mol. The van der Waals surface area contributed by atoms with Gasteiger partial charge in [0.25, 0.3) is 0 Å². The van der Waals surface area contributed by atoms with Gasteiger partial charge in [0.05, 0.1) is 0 Å². The maximum atomic E-state index is 11.6. The number of nitrogens with one attached hydrogen (secondary N) is 1. The van der Waals surface area contributed by atoms with E-state index >= 15 is 0 Å². The van der Waals surface area contributed by atoms with Crippen LogP contribution in [0.25, 0.3) is 0 Å². The Kier molecular flexibility index (Phi) is 2.18. The SMILES string of the molecule is N#Cc1cc(C23CC4CC(CC(C4)C2)C3)[nH]c(=O)n1. The van der Waals surface area contributed by atoms with Crippen LogP contribution in [0.2, 0.25) is 0 Å². The lowest BCUT2D eigenvalue weighted by atomic mass is 9.49. The Labute approximate surface area is 111 Å². The Morgan fingerprint density at radius 3 is 2.32 bits per heavy atom. The minimum absolute atomic E-state index is 0.127. The molecule has 4 saturated carbocycles. The lowest BCUT2D eigenvalue weighted by Gasteiger charge is -2.56. The van der Waals surface area contributed by atoms with Gasteiger partial charge < -0.3 is 4.98 Å². The average molecular weight is 255 g/mol. The molecule has 0 saturated heterocycles. The molecule has 5 rings (SSSR count). The highest BCUT2D eigenvalue weighted by molar-refractivity contribution is 5.28. The number of hydrogen-bond acceptors (Lipinski definition) is 3. The van der Waals surface area contributed by atoms with Crippen molar-refractivity contribution in [3.63, 3.8) is 0 Å². The molecule has 0 aromatic carbocycles. The maximum absolute atomic E-state index is 11.6. The molecule has 1 aromatic heterocycles. The first-order valence-corrected chi connectivity index (χ1v) is 7.19. The van der Waals surface area contributed by atoms with E-state index in [0.29, 0.717) is 0 Å². The summed E-state index contributed by atoms with van der Waals surface area (Å²) in [4.78, 5) is 18.3. The predicted molar refractivity (Wildman–Crippen MR) is 69.4 cm³/mol. The molecule has 4 aliphatic carbocycles. The van der Waals surface area contributed by atoms with Gasteiger partial charge in [0, 0.05) is 11.1 Å². The lowest BCUT2D eigenvalue weighted by molar-refractivity contribution is -0.00738. The zero-order chi connectivity index (χ0) is 13.0. The van der Waals surface area contributed by atoms with Crippen LogP contribution in [-0.2, 0) is 5.41 Å². The number of rotatable bonds is 1. The van der Waals surface area contributed by atoms with Crippen molar-refractivity contribution in [1.29, 1.82) is 5.26 Å². The van der Waals surface area contributed by atoms with Gasteiger partial charge in [-0.15, -0.1) is 0 Å². The summed E-state index contributed by atoms with van der Waals surface area (Å²) in [5.41, 5.74) is 0.991. The van der Waals surface area contributed by atoms with E-state index in [2.05, 4.69) is 9.97 Å². The highest BCUT2D eigenvalue weighted by Crippen LogP contribution is 2.60. The third-order valence-corrected chi connectivity index (χ3v) is 5.47. The van der Waals surface area contributed by atoms with Crippen LogP contribution in [0.15, 0.2) is 10.9 Å². The Hall–Kier alpha value is -1.63. The first-order chi connectivity index (χ1) is 9.17. The number of H-pyrrole nitrogens is 1. The molecule has 0 amide bonds. The van der Waals surface area contributed by atoms with E-state index in [1.807, 2.05) is 12.1 Å². The topological polar surface area (TPSA) is 69.5 Å². The number of hydrogen-bond donors (Lipinski definition) is 1. The van der Waals surface area contributed by atoms with E-state index in [1.54, 1.807) is 0 Å². The molecule has 4 nitrogen and oxygen atoms in total. The van der Waals surface area contributed by atoms with Crippen LogP contribution in [0.5, 0.6) is 0 Å². The normalized spacial score (nSPS) is 39.2. The molecule has 0 aliphatic heterocycles. The molecule has 4 aliphatic rings. The molecular weight excluding hydrogens is 238 g/mol. The molecule has 1 aromatic rings. The summed E-state index contributed by atoms with van der Waals surface area (Å²) < 4.78 is 0. The fraction of sp³-hybridized carbons (Fsp3) is 0.667. The van der Waals surface area contributed by atoms with Gasteiger partial charge in [0.1, 0.15) is 11.8 Å². The molecule has 19 heavy (non-hydrogen) atoms. The minimum Gasteiger partial charge on any atom is -0.309 e. The molecule has 0 spiro atoms. The third kappa shape index (κ3) is 1.64. The van der Waals surface area contributed by atoms with Crippen LogP contribution in [-0.4, -0.2) is 9.97 Å². The zero-order valence-electron chi connectivity index (χ0n) is 10.9. The Morgan fingerprint density at radius 1 is 1.21 bits per heavy atom. The van der Waals surface area contributed by atoms with E-state index in [9.17, 15) is 4.79 Å². The van der Waals surface area contributed by atoms with Crippen LogP contribution < -0.4 is 5.69 Å². The van der Waals surface area contributed by atoms with Crippen molar-refractivity contribution in [2.45, 2.75) is 43.9 Å². The summed E-state index contributed by atoms with van der Waals surface area (Å²) in [7, 11) is 0. The number of aromatic nitrogens is 2. The third-order valence-electron chi connectivity index (χ3n) is 5.47. The summed E-state index contributed by atoms with van der Waals surface area (Å²) in [6.07, 6.45) is 7.68. The van der Waals surface area contributed by atoms with Crippen molar-refractivity contribution >= 4 is 0 Å². The highest BCUT2D eigenvalue weighted by atomic mass is 16.1. The van der Waals surface area contributed by atoms with Crippen molar-refractivity contribution in [3.05, 3.63) is 27.9 Å². The number of aromatic amines is 1. The van der Waals surface area contributed by atoms with Gasteiger partial charge in [0.15, 0.2) is 0 Å². The standard InChI is InChI=1S/C15H17N3O/c16-8-12-4-13(18-14(19)17-12)15-5-9-1-10(6-15)3-11(2-9)7-15/h4,9-11H,1-3,5-7H2,(H,17,18,19). The van der Waals surface area contributed by atoms with E-state index in [1.165, 1.54) is 38.5 Å². The van der Waals surface area contributed by atoms with Gasteiger partial charge in [-0.25, -0.2) is 4.79 Å². The fourth-order valence-corrected chi connectivity index (χ4v) is 5.24. The first-order valence-electron chi connectivity index (χ1n) is 7.19. The zero-order valence-corrected chi connectivity index (χ0v) is 10.9. The molecule has 4 fully saturated rings. The number of nitrogens with zero attached hydrogens (tertiary/aromatic N) is 2. The van der Waals surface area contributed by atoms with E-state index in [-0.39, 0.29) is 16.8 Å². The average Bonchev–Trinajstić information content (AvgIpc) is 2.36. The largest absolute Gasteiger partial charge is 0.346 e. The Morgan fingerprint density at radius 2 is 1.79 bits per heavy atom. The molecule has 0 atom stereocenters. The van der Waals surface area contributed by atoms with Crippen molar-refractivity contribution in [2.75, 3.05) is 0 Å². The van der Waals surface area contributed by atoms with Crippen LogP contribution in [0.3, 0.4) is 0 Å². The Bertz CT molecular complexity index is 590. The summed E-state index contributed by atoms with van der Waals surface area (Å²) >= 11 is 0. The second kappa shape index (κ2) is 3.69. The van der Waals surface area contributed by atoms with Gasteiger partial charge >= 0.3 is 5.69 Å². The second-order valence-electron chi connectivity index (χ2n) is 6.79. The summed E-state index contributed by atoms with van der Waals surface area (Å²) in [6.45, 7) is 0. The highest BCUT2D eigenvalue weighted by Gasteiger charge is 2.52. The number of nitriles is 1. The van der Waals surface area contributed by atoms with Crippen LogP contribution in [0.1, 0.15) is 49.9 Å². The van der Waals surface area contributed by atoms with Crippen molar-refractivity contribution in [3.8, 4) is 6.07 Å².